The SMILES string of the molecule is CCC(CC)(CS)COCC1CCCCO1. The van der Waals surface area contributed by atoms with Crippen molar-refractivity contribution in [1.82, 2.24) is 0 Å². The van der Waals surface area contributed by atoms with Gasteiger partial charge in [0.05, 0.1) is 19.3 Å². The molecule has 1 atom stereocenters. The maximum Gasteiger partial charge on any atom is 0.0808 e. The Hall–Kier alpha value is 0.270. The molecular weight excluding hydrogens is 220 g/mol. The molecule has 0 N–H and O–H groups in total. The molecule has 1 aliphatic rings. The lowest BCUT2D eigenvalue weighted by molar-refractivity contribution is -0.0571. The fraction of sp³-hybridized carbons (Fsp3) is 1.00. The summed E-state index contributed by atoms with van der Waals surface area (Å²) in [5.41, 5.74) is 0.262. The highest BCUT2D eigenvalue weighted by Crippen LogP contribution is 2.28. The van der Waals surface area contributed by atoms with Crippen LogP contribution in [0.1, 0.15) is 46.0 Å². The van der Waals surface area contributed by atoms with Crippen LogP contribution >= 0.6 is 12.6 Å². The van der Waals surface area contributed by atoms with Crippen molar-refractivity contribution in [2.75, 3.05) is 25.6 Å². The summed E-state index contributed by atoms with van der Waals surface area (Å²) in [5, 5.41) is 0. The second kappa shape index (κ2) is 7.57. The second-order valence-corrected chi connectivity index (χ2v) is 5.19. The third-order valence-corrected chi connectivity index (χ3v) is 4.49. The van der Waals surface area contributed by atoms with Gasteiger partial charge < -0.3 is 9.47 Å². The number of hydrogen-bond donors (Lipinski definition) is 1. The molecule has 1 aliphatic heterocycles. The lowest BCUT2D eigenvalue weighted by Crippen LogP contribution is -2.31. The molecule has 0 aromatic carbocycles. The molecule has 0 amide bonds. The summed E-state index contributed by atoms with van der Waals surface area (Å²) in [4.78, 5) is 0. The summed E-state index contributed by atoms with van der Waals surface area (Å²) in [5.74, 6) is 0.908. The Morgan fingerprint density at radius 2 is 2.06 bits per heavy atom. The normalized spacial score (nSPS) is 22.3. The van der Waals surface area contributed by atoms with E-state index in [0.29, 0.717) is 6.10 Å². The largest absolute Gasteiger partial charge is 0.378 e. The monoisotopic (exact) mass is 246 g/mol. The maximum atomic E-state index is 5.84. The lowest BCUT2D eigenvalue weighted by atomic mass is 9.85. The molecule has 16 heavy (non-hydrogen) atoms. The maximum absolute atomic E-state index is 5.84. The standard InChI is InChI=1S/C13H26O2S/c1-3-13(4-2,11-16)10-14-9-12-7-5-6-8-15-12/h12,16H,3-11H2,1-2H3. The van der Waals surface area contributed by atoms with Crippen LogP contribution in [0.5, 0.6) is 0 Å². The predicted octanol–water partition coefficient (Wildman–Crippen LogP) is 3.31. The molecule has 1 saturated heterocycles. The van der Waals surface area contributed by atoms with E-state index >= 15 is 0 Å². The zero-order chi connectivity index (χ0) is 11.9. The van der Waals surface area contributed by atoms with Crippen LogP contribution in [-0.2, 0) is 9.47 Å². The Morgan fingerprint density at radius 3 is 2.56 bits per heavy atom. The molecule has 0 aromatic heterocycles. The Bertz CT molecular complexity index is 167. The molecule has 0 bridgehead atoms. The number of thiol groups is 1. The highest BCUT2D eigenvalue weighted by Gasteiger charge is 2.25. The van der Waals surface area contributed by atoms with Gasteiger partial charge in [-0.3, -0.25) is 0 Å². The molecule has 0 radical (unpaired) electrons. The van der Waals surface area contributed by atoms with Crippen molar-refractivity contribution < 1.29 is 9.47 Å². The summed E-state index contributed by atoms with van der Waals surface area (Å²) in [7, 11) is 0. The summed E-state index contributed by atoms with van der Waals surface area (Å²) >= 11 is 4.45. The van der Waals surface area contributed by atoms with Crippen molar-refractivity contribution in [3.05, 3.63) is 0 Å². The van der Waals surface area contributed by atoms with Gasteiger partial charge in [-0.2, -0.15) is 12.6 Å². The summed E-state index contributed by atoms with van der Waals surface area (Å²) in [6.45, 7) is 6.94. The second-order valence-electron chi connectivity index (χ2n) is 4.87. The van der Waals surface area contributed by atoms with E-state index in [-0.39, 0.29) is 5.41 Å². The highest BCUT2D eigenvalue weighted by molar-refractivity contribution is 7.80. The first kappa shape index (κ1) is 14.3. The fourth-order valence-corrected chi connectivity index (χ4v) is 2.61. The molecule has 1 rings (SSSR count). The molecule has 1 fully saturated rings. The molecular formula is C13H26O2S. The third-order valence-electron chi connectivity index (χ3n) is 3.82. The van der Waals surface area contributed by atoms with Crippen LogP contribution in [0.25, 0.3) is 0 Å². The van der Waals surface area contributed by atoms with Gasteiger partial charge in [-0.05, 0) is 37.9 Å². The zero-order valence-corrected chi connectivity index (χ0v) is 11.6. The topological polar surface area (TPSA) is 18.5 Å². The van der Waals surface area contributed by atoms with Crippen molar-refractivity contribution in [2.45, 2.75) is 52.1 Å². The third kappa shape index (κ3) is 4.27. The lowest BCUT2D eigenvalue weighted by Gasteiger charge is -2.31. The molecule has 2 nitrogen and oxygen atoms in total. The average molecular weight is 246 g/mol. The van der Waals surface area contributed by atoms with Crippen molar-refractivity contribution in [3.63, 3.8) is 0 Å². The van der Waals surface area contributed by atoms with E-state index < -0.39 is 0 Å². The predicted molar refractivity (Wildman–Crippen MR) is 71.3 cm³/mol. The van der Waals surface area contributed by atoms with Gasteiger partial charge in [0.2, 0.25) is 0 Å². The first-order chi connectivity index (χ1) is 7.76. The van der Waals surface area contributed by atoms with E-state index in [2.05, 4.69) is 26.5 Å². The van der Waals surface area contributed by atoms with Crippen LogP contribution in [0.4, 0.5) is 0 Å². The molecule has 1 unspecified atom stereocenters. The van der Waals surface area contributed by atoms with Gasteiger partial charge in [-0.15, -0.1) is 0 Å². The quantitative estimate of drug-likeness (QED) is 0.695. The number of hydrogen-bond acceptors (Lipinski definition) is 3. The molecule has 0 aromatic rings. The van der Waals surface area contributed by atoms with Crippen molar-refractivity contribution >= 4 is 12.6 Å². The van der Waals surface area contributed by atoms with Gasteiger partial charge in [0.15, 0.2) is 0 Å². The smallest absolute Gasteiger partial charge is 0.0808 e. The van der Waals surface area contributed by atoms with Crippen molar-refractivity contribution in [3.8, 4) is 0 Å². The van der Waals surface area contributed by atoms with Gasteiger partial charge in [-0.1, -0.05) is 13.8 Å². The Morgan fingerprint density at radius 1 is 1.31 bits per heavy atom. The Labute approximate surface area is 105 Å². The van der Waals surface area contributed by atoms with E-state index in [1.54, 1.807) is 0 Å². The van der Waals surface area contributed by atoms with E-state index in [0.717, 1.165) is 44.8 Å². The van der Waals surface area contributed by atoms with Crippen LogP contribution in [0.3, 0.4) is 0 Å². The first-order valence-corrected chi connectivity index (χ1v) is 7.20. The Kier molecular flexibility index (Phi) is 6.78. The summed E-state index contributed by atoms with van der Waals surface area (Å²) in [6, 6.07) is 0. The molecule has 0 saturated carbocycles. The Balaban J connectivity index is 2.21. The molecule has 1 heterocycles. The van der Waals surface area contributed by atoms with Gasteiger partial charge in [0, 0.05) is 12.0 Å². The van der Waals surface area contributed by atoms with Crippen LogP contribution in [0.2, 0.25) is 0 Å². The average Bonchev–Trinajstić information content (AvgIpc) is 2.37. The number of ether oxygens (including phenoxy) is 2. The van der Waals surface area contributed by atoms with Crippen LogP contribution in [-0.4, -0.2) is 31.7 Å². The van der Waals surface area contributed by atoms with Crippen LogP contribution in [0, 0.1) is 5.41 Å². The van der Waals surface area contributed by atoms with Crippen molar-refractivity contribution in [2.24, 2.45) is 5.41 Å². The first-order valence-electron chi connectivity index (χ1n) is 6.56. The molecule has 0 spiro atoms. The summed E-state index contributed by atoms with van der Waals surface area (Å²) < 4.78 is 11.5. The van der Waals surface area contributed by atoms with Crippen LogP contribution in [0.15, 0.2) is 0 Å². The minimum absolute atomic E-state index is 0.262. The van der Waals surface area contributed by atoms with E-state index in [4.69, 9.17) is 9.47 Å². The minimum atomic E-state index is 0.262. The van der Waals surface area contributed by atoms with E-state index in [1.807, 2.05) is 0 Å². The van der Waals surface area contributed by atoms with Crippen molar-refractivity contribution in [1.29, 1.82) is 0 Å². The zero-order valence-electron chi connectivity index (χ0n) is 10.7. The molecule has 3 heteroatoms. The van der Waals surface area contributed by atoms with Gasteiger partial charge in [0.25, 0.3) is 0 Å². The molecule has 0 aliphatic carbocycles. The van der Waals surface area contributed by atoms with Crippen LogP contribution < -0.4 is 0 Å². The fourth-order valence-electron chi connectivity index (χ4n) is 2.07. The number of rotatable bonds is 7. The van der Waals surface area contributed by atoms with E-state index in [9.17, 15) is 0 Å². The van der Waals surface area contributed by atoms with E-state index in [1.165, 1.54) is 12.8 Å². The molecule has 96 valence electrons. The van der Waals surface area contributed by atoms with Gasteiger partial charge in [0.1, 0.15) is 0 Å². The summed E-state index contributed by atoms with van der Waals surface area (Å²) in [6.07, 6.45) is 6.26. The van der Waals surface area contributed by atoms with Gasteiger partial charge >= 0.3 is 0 Å². The van der Waals surface area contributed by atoms with Gasteiger partial charge in [-0.25, -0.2) is 0 Å². The minimum Gasteiger partial charge on any atom is -0.378 e. The highest BCUT2D eigenvalue weighted by atomic mass is 32.1.